The number of non-ortho nitro benzene ring substituents is 1. The van der Waals surface area contributed by atoms with Gasteiger partial charge in [-0.1, -0.05) is 6.08 Å². The Hall–Kier alpha value is -2.77. The molecule has 0 fully saturated rings. The van der Waals surface area contributed by atoms with E-state index in [-0.39, 0.29) is 17.1 Å². The van der Waals surface area contributed by atoms with Gasteiger partial charge in [-0.25, -0.2) is 0 Å². The number of hydrazone groups is 1. The minimum Gasteiger partial charge on any atom is -0.272 e. The highest BCUT2D eigenvalue weighted by Gasteiger charge is 2.19. The van der Waals surface area contributed by atoms with Crippen molar-refractivity contribution in [3.05, 3.63) is 50.1 Å². The Morgan fingerprint density at radius 2 is 2.05 bits per heavy atom. The van der Waals surface area contributed by atoms with Crippen LogP contribution in [0, 0.1) is 20.2 Å². The summed E-state index contributed by atoms with van der Waals surface area (Å²) in [5, 5.41) is 25.4. The van der Waals surface area contributed by atoms with Gasteiger partial charge in [0, 0.05) is 6.07 Å². The number of nitro benzene ring substituents is 2. The molecule has 0 heterocycles. The fourth-order valence-electron chi connectivity index (χ4n) is 1.88. The Balaban J connectivity index is 2.18. The van der Waals surface area contributed by atoms with Gasteiger partial charge in [0.15, 0.2) is 0 Å². The van der Waals surface area contributed by atoms with E-state index in [1.807, 2.05) is 0 Å². The molecule has 8 nitrogen and oxygen atoms in total. The number of benzene rings is 1. The van der Waals surface area contributed by atoms with E-state index in [0.29, 0.717) is 0 Å². The Morgan fingerprint density at radius 3 is 2.65 bits per heavy atom. The van der Waals surface area contributed by atoms with Crippen molar-refractivity contribution >= 4 is 23.3 Å². The SMILES string of the molecule is O=[N+]([O-])c1ccc(NN=CC2=CCCC2)c([N+](=O)[O-])c1. The predicted molar refractivity (Wildman–Crippen MR) is 73.8 cm³/mol. The molecular formula is C12H12N4O4. The molecule has 1 aromatic rings. The Labute approximate surface area is 114 Å². The third-order valence-electron chi connectivity index (χ3n) is 2.88. The van der Waals surface area contributed by atoms with Gasteiger partial charge in [-0.2, -0.15) is 5.10 Å². The first-order valence-corrected chi connectivity index (χ1v) is 5.99. The summed E-state index contributed by atoms with van der Waals surface area (Å²) in [4.78, 5) is 20.1. The number of hydrogen-bond acceptors (Lipinski definition) is 6. The molecule has 0 radical (unpaired) electrons. The third-order valence-corrected chi connectivity index (χ3v) is 2.88. The quantitative estimate of drug-likeness (QED) is 0.504. The summed E-state index contributed by atoms with van der Waals surface area (Å²) < 4.78 is 0. The van der Waals surface area contributed by atoms with Gasteiger partial charge >= 0.3 is 5.69 Å². The van der Waals surface area contributed by atoms with E-state index in [4.69, 9.17) is 0 Å². The lowest BCUT2D eigenvalue weighted by atomic mass is 10.2. The molecule has 2 rings (SSSR count). The summed E-state index contributed by atoms with van der Waals surface area (Å²) in [5.74, 6) is 0. The van der Waals surface area contributed by atoms with Crippen LogP contribution in [0.4, 0.5) is 17.1 Å². The van der Waals surface area contributed by atoms with Gasteiger partial charge in [-0.05, 0) is 30.9 Å². The standard InChI is InChI=1S/C12H12N4O4/c17-15(18)10-5-6-11(12(7-10)16(19)20)14-13-8-9-3-1-2-4-9/h3,5-8,14H,1-2,4H2. The van der Waals surface area contributed by atoms with Crippen LogP contribution in [-0.2, 0) is 0 Å². The monoisotopic (exact) mass is 276 g/mol. The van der Waals surface area contributed by atoms with Gasteiger partial charge in [0.25, 0.3) is 5.69 Å². The van der Waals surface area contributed by atoms with E-state index in [2.05, 4.69) is 16.6 Å². The lowest BCUT2D eigenvalue weighted by molar-refractivity contribution is -0.393. The molecule has 0 amide bonds. The number of rotatable bonds is 5. The molecule has 0 saturated heterocycles. The van der Waals surface area contributed by atoms with Crippen LogP contribution in [0.1, 0.15) is 19.3 Å². The van der Waals surface area contributed by atoms with Crippen LogP contribution in [-0.4, -0.2) is 16.1 Å². The van der Waals surface area contributed by atoms with E-state index < -0.39 is 9.85 Å². The van der Waals surface area contributed by atoms with Crippen molar-refractivity contribution in [2.75, 3.05) is 5.43 Å². The first-order chi connectivity index (χ1) is 9.58. The second-order valence-corrected chi connectivity index (χ2v) is 4.26. The van der Waals surface area contributed by atoms with E-state index in [1.165, 1.54) is 12.1 Å². The highest BCUT2D eigenvalue weighted by molar-refractivity contribution is 5.80. The summed E-state index contributed by atoms with van der Waals surface area (Å²) in [6.45, 7) is 0. The molecule has 1 aliphatic rings. The number of hydrogen-bond donors (Lipinski definition) is 1. The van der Waals surface area contributed by atoms with Gasteiger partial charge in [-0.15, -0.1) is 0 Å². The zero-order valence-electron chi connectivity index (χ0n) is 10.5. The van der Waals surface area contributed by atoms with Crippen molar-refractivity contribution in [3.8, 4) is 0 Å². The highest BCUT2D eigenvalue weighted by Crippen LogP contribution is 2.28. The average Bonchev–Trinajstić information content (AvgIpc) is 2.91. The minimum absolute atomic E-state index is 0.121. The zero-order chi connectivity index (χ0) is 14.5. The molecule has 1 aliphatic carbocycles. The molecule has 0 spiro atoms. The topological polar surface area (TPSA) is 111 Å². The number of anilines is 1. The van der Waals surface area contributed by atoms with Crippen LogP contribution in [0.25, 0.3) is 0 Å². The number of allylic oxidation sites excluding steroid dienone is 2. The molecule has 20 heavy (non-hydrogen) atoms. The normalized spacial score (nSPS) is 14.3. The van der Waals surface area contributed by atoms with Crippen molar-refractivity contribution in [1.82, 2.24) is 0 Å². The molecule has 0 aliphatic heterocycles. The molecule has 8 heteroatoms. The molecule has 1 N–H and O–H groups in total. The van der Waals surface area contributed by atoms with Gasteiger partial charge in [0.2, 0.25) is 0 Å². The molecule has 104 valence electrons. The second kappa shape index (κ2) is 5.91. The minimum atomic E-state index is -0.681. The van der Waals surface area contributed by atoms with Crippen LogP contribution in [0.3, 0.4) is 0 Å². The maximum Gasteiger partial charge on any atom is 0.301 e. The molecular weight excluding hydrogens is 264 g/mol. The summed E-state index contributed by atoms with van der Waals surface area (Å²) in [5.41, 5.74) is 3.04. The molecule has 0 bridgehead atoms. The maximum absolute atomic E-state index is 10.9. The molecule has 1 aromatic carbocycles. The summed E-state index contributed by atoms with van der Waals surface area (Å²) in [7, 11) is 0. The Morgan fingerprint density at radius 1 is 1.25 bits per heavy atom. The lowest BCUT2D eigenvalue weighted by Crippen LogP contribution is -1.98. The van der Waals surface area contributed by atoms with Crippen molar-refractivity contribution in [2.45, 2.75) is 19.3 Å². The van der Waals surface area contributed by atoms with Gasteiger partial charge in [0.05, 0.1) is 22.1 Å². The van der Waals surface area contributed by atoms with Crippen LogP contribution in [0.5, 0.6) is 0 Å². The average molecular weight is 276 g/mol. The molecule has 0 unspecified atom stereocenters. The zero-order valence-corrected chi connectivity index (χ0v) is 10.5. The number of nitrogens with one attached hydrogen (secondary N) is 1. The second-order valence-electron chi connectivity index (χ2n) is 4.26. The first kappa shape index (κ1) is 13.7. The van der Waals surface area contributed by atoms with Gasteiger partial charge in [-0.3, -0.25) is 25.7 Å². The summed E-state index contributed by atoms with van der Waals surface area (Å²) >= 11 is 0. The summed E-state index contributed by atoms with van der Waals surface area (Å²) in [6.07, 6.45) is 6.69. The number of nitrogens with zero attached hydrogens (tertiary/aromatic N) is 3. The van der Waals surface area contributed by atoms with Gasteiger partial charge < -0.3 is 0 Å². The van der Waals surface area contributed by atoms with Crippen molar-refractivity contribution < 1.29 is 9.85 Å². The smallest absolute Gasteiger partial charge is 0.272 e. The van der Waals surface area contributed by atoms with E-state index >= 15 is 0 Å². The highest BCUT2D eigenvalue weighted by atomic mass is 16.6. The fraction of sp³-hybridized carbons (Fsp3) is 0.250. The van der Waals surface area contributed by atoms with Crippen molar-refractivity contribution in [3.63, 3.8) is 0 Å². The Bertz CT molecular complexity index is 609. The van der Waals surface area contributed by atoms with Crippen LogP contribution < -0.4 is 5.43 Å². The number of nitro groups is 2. The van der Waals surface area contributed by atoms with Crippen molar-refractivity contribution in [1.29, 1.82) is 0 Å². The predicted octanol–water partition coefficient (Wildman–Crippen LogP) is 3.01. The van der Waals surface area contributed by atoms with E-state index in [9.17, 15) is 20.2 Å². The van der Waals surface area contributed by atoms with Crippen LogP contribution in [0.2, 0.25) is 0 Å². The summed E-state index contributed by atoms with van der Waals surface area (Å²) in [6, 6.07) is 3.38. The van der Waals surface area contributed by atoms with Crippen LogP contribution in [0.15, 0.2) is 34.9 Å². The van der Waals surface area contributed by atoms with E-state index in [1.54, 1.807) is 6.21 Å². The first-order valence-electron chi connectivity index (χ1n) is 5.99. The fourth-order valence-corrected chi connectivity index (χ4v) is 1.88. The third kappa shape index (κ3) is 3.16. The molecule has 0 aromatic heterocycles. The molecule has 0 saturated carbocycles. The lowest BCUT2D eigenvalue weighted by Gasteiger charge is -2.01. The largest absolute Gasteiger partial charge is 0.301 e. The maximum atomic E-state index is 10.9. The molecule has 0 atom stereocenters. The van der Waals surface area contributed by atoms with E-state index in [0.717, 1.165) is 30.9 Å². The Kier molecular flexibility index (Phi) is 4.04. The van der Waals surface area contributed by atoms with Crippen molar-refractivity contribution in [2.24, 2.45) is 5.10 Å². The van der Waals surface area contributed by atoms with Crippen LogP contribution >= 0.6 is 0 Å². The van der Waals surface area contributed by atoms with Gasteiger partial charge in [0.1, 0.15) is 5.69 Å².